The average molecular weight is 613 g/mol. The lowest BCUT2D eigenvalue weighted by Crippen LogP contribution is -2.61. The number of aryl methyl sites for hydroxylation is 1. The van der Waals surface area contributed by atoms with E-state index in [0.29, 0.717) is 6.07 Å². The zero-order valence-electron chi connectivity index (χ0n) is 21.1. The molecule has 6 rings (SSSR count). The van der Waals surface area contributed by atoms with E-state index in [1.807, 2.05) is 0 Å². The van der Waals surface area contributed by atoms with E-state index in [9.17, 15) is 40.0 Å². The number of aromatic nitrogens is 2. The fraction of sp³-hybridized carbons (Fsp3) is 0.346. The van der Waals surface area contributed by atoms with Crippen LogP contribution in [0.4, 0.5) is 27.8 Å². The number of rotatable bonds is 3. The zero-order chi connectivity index (χ0) is 29.4. The SMILES string of the molecule is C=CC(=O)N1CCN(c2nc(=O)n3c4c(c(-c5ccc(F)cc5F)c(C(F)(F)F)cc24)SCC3)C2CS(=O)(=O)CC21. The number of hydrogen-bond donors (Lipinski definition) is 0. The molecule has 3 aliphatic heterocycles. The molecule has 2 saturated heterocycles. The number of anilines is 1. The van der Waals surface area contributed by atoms with Gasteiger partial charge in [0.2, 0.25) is 5.91 Å². The molecule has 1 aromatic heterocycles. The standard InChI is InChI=1S/C26H21F5N4O4S2/c1-2-20(36)33-5-6-34(19-12-41(38,39)11-18(19)33)24-15-10-16(26(29,30)31)21(14-4-3-13(27)9-17(14)28)23-22(15)35(7-8-40-23)25(37)32-24/h2-4,9-10,18-19H,1,5-8,11-12H2. The van der Waals surface area contributed by atoms with Crippen LogP contribution in [0.3, 0.4) is 0 Å². The number of piperazine rings is 1. The van der Waals surface area contributed by atoms with Gasteiger partial charge in [0.05, 0.1) is 34.7 Å². The van der Waals surface area contributed by atoms with Crippen LogP contribution in [0, 0.1) is 11.6 Å². The highest BCUT2D eigenvalue weighted by Crippen LogP contribution is 2.49. The van der Waals surface area contributed by atoms with Crippen molar-refractivity contribution in [1.82, 2.24) is 14.5 Å². The van der Waals surface area contributed by atoms with E-state index in [1.165, 1.54) is 14.4 Å². The van der Waals surface area contributed by atoms with E-state index >= 15 is 0 Å². The van der Waals surface area contributed by atoms with Gasteiger partial charge in [-0.25, -0.2) is 22.0 Å². The number of carbonyl (C=O) groups is 1. The van der Waals surface area contributed by atoms with Gasteiger partial charge in [-0.2, -0.15) is 18.2 Å². The molecule has 2 atom stereocenters. The summed E-state index contributed by atoms with van der Waals surface area (Å²) in [5.41, 5.74) is -2.85. The fourth-order valence-electron chi connectivity index (χ4n) is 5.99. The van der Waals surface area contributed by atoms with Crippen molar-refractivity contribution in [3.8, 4) is 11.1 Å². The van der Waals surface area contributed by atoms with Crippen LogP contribution in [0.25, 0.3) is 22.0 Å². The molecule has 0 radical (unpaired) electrons. The zero-order valence-corrected chi connectivity index (χ0v) is 22.8. The number of halogens is 5. The van der Waals surface area contributed by atoms with Crippen molar-refractivity contribution in [3.63, 3.8) is 0 Å². The molecule has 216 valence electrons. The number of hydrogen-bond acceptors (Lipinski definition) is 7. The number of amides is 1. The van der Waals surface area contributed by atoms with Crippen molar-refractivity contribution < 1.29 is 35.2 Å². The molecule has 2 aromatic carbocycles. The third kappa shape index (κ3) is 4.49. The van der Waals surface area contributed by atoms with Crippen LogP contribution in [0.1, 0.15) is 5.56 Å². The number of fused-ring (bicyclic) bond motifs is 1. The van der Waals surface area contributed by atoms with E-state index in [-0.39, 0.29) is 52.8 Å². The Kier molecular flexibility index (Phi) is 6.45. The second-order valence-electron chi connectivity index (χ2n) is 10.0. The number of carbonyl (C=O) groups excluding carboxylic acids is 1. The molecule has 3 aromatic rings. The summed E-state index contributed by atoms with van der Waals surface area (Å²) in [6.07, 6.45) is -3.92. The average Bonchev–Trinajstić information content (AvgIpc) is 3.24. The number of benzene rings is 2. The quantitative estimate of drug-likeness (QED) is 0.331. The molecule has 2 unspecified atom stereocenters. The normalized spacial score (nSPS) is 21.7. The Morgan fingerprint density at radius 2 is 1.83 bits per heavy atom. The Balaban J connectivity index is 1.64. The van der Waals surface area contributed by atoms with Crippen molar-refractivity contribution in [2.24, 2.45) is 0 Å². The molecule has 8 nitrogen and oxygen atoms in total. The molecule has 41 heavy (non-hydrogen) atoms. The van der Waals surface area contributed by atoms with Crippen LogP contribution in [0.2, 0.25) is 0 Å². The molecule has 0 N–H and O–H groups in total. The van der Waals surface area contributed by atoms with Gasteiger partial charge < -0.3 is 9.80 Å². The Labute approximate surface area is 234 Å². The van der Waals surface area contributed by atoms with Crippen LogP contribution in [0.15, 0.2) is 46.6 Å². The first kappa shape index (κ1) is 27.7. The van der Waals surface area contributed by atoms with Gasteiger partial charge in [0.25, 0.3) is 0 Å². The van der Waals surface area contributed by atoms with Crippen LogP contribution >= 0.6 is 11.8 Å². The Morgan fingerprint density at radius 1 is 1.10 bits per heavy atom. The predicted molar refractivity (Wildman–Crippen MR) is 143 cm³/mol. The summed E-state index contributed by atoms with van der Waals surface area (Å²) in [5, 5.41) is -0.0584. The number of nitrogens with zero attached hydrogens (tertiary/aromatic N) is 4. The summed E-state index contributed by atoms with van der Waals surface area (Å²) in [5.74, 6) is -3.32. The van der Waals surface area contributed by atoms with E-state index < -0.39 is 73.8 Å². The van der Waals surface area contributed by atoms with Crippen LogP contribution < -0.4 is 10.6 Å². The van der Waals surface area contributed by atoms with Gasteiger partial charge in [0.1, 0.15) is 17.5 Å². The van der Waals surface area contributed by atoms with E-state index in [0.717, 1.165) is 36.0 Å². The summed E-state index contributed by atoms with van der Waals surface area (Å²) < 4.78 is 99.0. The highest BCUT2D eigenvalue weighted by molar-refractivity contribution is 7.99. The van der Waals surface area contributed by atoms with Crippen LogP contribution in [-0.2, 0) is 27.4 Å². The van der Waals surface area contributed by atoms with Crippen molar-refractivity contribution in [3.05, 3.63) is 64.6 Å². The first-order valence-electron chi connectivity index (χ1n) is 12.5. The highest BCUT2D eigenvalue weighted by atomic mass is 32.2. The van der Waals surface area contributed by atoms with Gasteiger partial charge in [-0.3, -0.25) is 9.36 Å². The first-order valence-corrected chi connectivity index (χ1v) is 15.3. The fourth-order valence-corrected chi connectivity index (χ4v) is 9.17. The van der Waals surface area contributed by atoms with Crippen molar-refractivity contribution in [2.45, 2.75) is 29.7 Å². The second-order valence-corrected chi connectivity index (χ2v) is 13.3. The summed E-state index contributed by atoms with van der Waals surface area (Å²) >= 11 is 1.01. The van der Waals surface area contributed by atoms with Gasteiger partial charge in [-0.15, -0.1) is 11.8 Å². The van der Waals surface area contributed by atoms with Gasteiger partial charge in [-0.05, 0) is 24.3 Å². The van der Waals surface area contributed by atoms with Gasteiger partial charge >= 0.3 is 11.9 Å². The largest absolute Gasteiger partial charge is 0.417 e. The van der Waals surface area contributed by atoms with Gasteiger partial charge in [0, 0.05) is 52.9 Å². The van der Waals surface area contributed by atoms with Crippen LogP contribution in [-0.4, -0.2) is 71.2 Å². The van der Waals surface area contributed by atoms with E-state index in [2.05, 4.69) is 11.6 Å². The number of alkyl halides is 3. The Bertz CT molecular complexity index is 1810. The lowest BCUT2D eigenvalue weighted by atomic mass is 9.95. The molecule has 0 spiro atoms. The third-order valence-corrected chi connectivity index (χ3v) is 10.4. The molecule has 4 heterocycles. The maximum Gasteiger partial charge on any atom is 0.417 e. The number of thioether (sulfide) groups is 1. The van der Waals surface area contributed by atoms with Gasteiger partial charge in [-0.1, -0.05) is 6.58 Å². The van der Waals surface area contributed by atoms with Crippen molar-refractivity contribution >= 4 is 44.2 Å². The van der Waals surface area contributed by atoms with Crippen molar-refractivity contribution in [1.29, 1.82) is 0 Å². The minimum Gasteiger partial charge on any atom is -0.348 e. The molecule has 0 aliphatic carbocycles. The van der Waals surface area contributed by atoms with Crippen molar-refractivity contribution in [2.75, 3.05) is 35.2 Å². The second kappa shape index (κ2) is 9.54. The lowest BCUT2D eigenvalue weighted by molar-refractivity contribution is -0.137. The Morgan fingerprint density at radius 3 is 2.51 bits per heavy atom. The lowest BCUT2D eigenvalue weighted by Gasteiger charge is -2.44. The summed E-state index contributed by atoms with van der Waals surface area (Å²) in [4.78, 5) is 32.7. The van der Waals surface area contributed by atoms with Gasteiger partial charge in [0.15, 0.2) is 9.84 Å². The van der Waals surface area contributed by atoms with E-state index in [4.69, 9.17) is 0 Å². The molecule has 2 fully saturated rings. The molecular weight excluding hydrogens is 591 g/mol. The molecule has 15 heteroatoms. The minimum absolute atomic E-state index is 0.0000108. The minimum atomic E-state index is -4.98. The highest BCUT2D eigenvalue weighted by Gasteiger charge is 2.49. The third-order valence-electron chi connectivity index (χ3n) is 7.67. The monoisotopic (exact) mass is 612 g/mol. The summed E-state index contributed by atoms with van der Waals surface area (Å²) in [7, 11) is -3.64. The maximum absolute atomic E-state index is 14.9. The molecule has 3 aliphatic rings. The molecule has 0 saturated carbocycles. The predicted octanol–water partition coefficient (Wildman–Crippen LogP) is 3.47. The maximum atomic E-state index is 14.9. The smallest absolute Gasteiger partial charge is 0.348 e. The molecule has 0 bridgehead atoms. The van der Waals surface area contributed by atoms with E-state index in [1.54, 1.807) is 0 Å². The number of sulfone groups is 1. The summed E-state index contributed by atoms with van der Waals surface area (Å²) in [6, 6.07) is 1.39. The molecular formula is C26H21F5N4O4S2. The van der Waals surface area contributed by atoms with Crippen LogP contribution in [0.5, 0.6) is 0 Å². The first-order chi connectivity index (χ1) is 19.3. The topological polar surface area (TPSA) is 92.6 Å². The summed E-state index contributed by atoms with van der Waals surface area (Å²) in [6.45, 7) is 3.61. The molecule has 1 amide bonds. The Hall–Kier alpha value is -3.46.